The Labute approximate surface area is 145 Å². The molecule has 0 radical (unpaired) electrons. The van der Waals surface area contributed by atoms with Crippen molar-refractivity contribution in [2.75, 3.05) is 13.1 Å². The molecule has 1 saturated heterocycles. The molecule has 9 heteroatoms. The van der Waals surface area contributed by atoms with Crippen LogP contribution in [-0.2, 0) is 16.0 Å². The largest absolute Gasteiger partial charge is 0.475 e. The first kappa shape index (κ1) is 18.9. The zero-order valence-electron chi connectivity index (χ0n) is 13.5. The smallest absolute Gasteiger partial charge is 0.441 e. The van der Waals surface area contributed by atoms with E-state index in [1.165, 1.54) is 4.90 Å². The Kier molecular flexibility index (Phi) is 6.54. The summed E-state index contributed by atoms with van der Waals surface area (Å²) in [6.07, 6.45) is -2.38. The van der Waals surface area contributed by atoms with Crippen molar-refractivity contribution in [1.82, 2.24) is 10.2 Å². The first-order valence-corrected chi connectivity index (χ1v) is 7.83. The van der Waals surface area contributed by atoms with Gasteiger partial charge < -0.3 is 25.0 Å². The first-order valence-electron chi connectivity index (χ1n) is 7.83. The fourth-order valence-corrected chi connectivity index (χ4v) is 2.58. The van der Waals surface area contributed by atoms with Crippen LogP contribution in [-0.4, -0.2) is 65.4 Å². The second kappa shape index (κ2) is 8.64. The number of nitrogens with one attached hydrogen (secondary N) is 1. The summed E-state index contributed by atoms with van der Waals surface area (Å²) in [7, 11) is -1.81. The van der Waals surface area contributed by atoms with E-state index in [4.69, 9.17) is 4.74 Å². The van der Waals surface area contributed by atoms with Gasteiger partial charge in [-0.15, -0.1) is 0 Å². The molecule has 2 rings (SSSR count). The van der Waals surface area contributed by atoms with Crippen LogP contribution in [0.1, 0.15) is 5.56 Å². The number of carbonyl (C=O) groups is 2. The Hall–Kier alpha value is -2.39. The number of carbonyl (C=O) groups excluding carboxylic acids is 2. The number of alkyl halides is 1. The second-order valence-electron chi connectivity index (χ2n) is 5.76. The van der Waals surface area contributed by atoms with Gasteiger partial charge in [-0.3, -0.25) is 4.79 Å². The van der Waals surface area contributed by atoms with Crippen molar-refractivity contribution in [2.24, 2.45) is 0 Å². The highest BCUT2D eigenvalue weighted by molar-refractivity contribution is 6.43. The molecular formula is C16H20BFN2O5. The number of halogens is 1. The number of alkyl carbamates (subject to hydrolysis) is 1. The summed E-state index contributed by atoms with van der Waals surface area (Å²) >= 11 is 0. The van der Waals surface area contributed by atoms with Crippen LogP contribution in [0.5, 0.6) is 0 Å². The van der Waals surface area contributed by atoms with Crippen molar-refractivity contribution >= 4 is 19.1 Å². The average Bonchev–Trinajstić information content (AvgIpc) is 2.95. The molecule has 2 amide bonds. The molecule has 1 heterocycles. The van der Waals surface area contributed by atoms with Crippen LogP contribution in [0.15, 0.2) is 43.0 Å². The summed E-state index contributed by atoms with van der Waals surface area (Å²) in [5.41, 5.74) is 0.785. The van der Waals surface area contributed by atoms with Crippen LogP contribution in [0.2, 0.25) is 0 Å². The van der Waals surface area contributed by atoms with Gasteiger partial charge in [0, 0.05) is 0 Å². The van der Waals surface area contributed by atoms with E-state index in [0.29, 0.717) is 0 Å². The van der Waals surface area contributed by atoms with E-state index in [-0.39, 0.29) is 19.5 Å². The highest BCUT2D eigenvalue weighted by Gasteiger charge is 2.38. The third-order valence-electron chi connectivity index (χ3n) is 3.90. The minimum atomic E-state index is -1.81. The van der Waals surface area contributed by atoms with Gasteiger partial charge in [0.05, 0.1) is 19.0 Å². The number of ether oxygens (including phenoxy) is 1. The number of hydrogen-bond acceptors (Lipinski definition) is 5. The highest BCUT2D eigenvalue weighted by atomic mass is 19.1. The molecule has 1 aromatic rings. The van der Waals surface area contributed by atoms with Crippen molar-refractivity contribution in [3.8, 4) is 0 Å². The number of nitrogens with zero attached hydrogens (tertiary/aromatic N) is 1. The number of hydrogen-bond donors (Lipinski definition) is 3. The molecule has 0 bridgehead atoms. The standard InChI is InChI=1S/C16H20BFN2O5/c1-2-15(21)20-9-12(18)13(10-20)25-16(22)19-14(17(23)24)8-11-6-4-3-5-7-11/h2-7,12-14,23-24H,1,8-10H2,(H,19,22)/t12-,13+,14+/m1/s1. The molecule has 1 aliphatic rings. The van der Waals surface area contributed by atoms with E-state index >= 15 is 0 Å². The van der Waals surface area contributed by atoms with Gasteiger partial charge in [-0.05, 0) is 18.1 Å². The topological polar surface area (TPSA) is 99.1 Å². The Bertz CT molecular complexity index is 616. The van der Waals surface area contributed by atoms with Crippen LogP contribution in [0, 0.1) is 0 Å². The van der Waals surface area contributed by atoms with Crippen LogP contribution in [0.3, 0.4) is 0 Å². The van der Waals surface area contributed by atoms with Crippen molar-refractivity contribution in [2.45, 2.75) is 24.6 Å². The van der Waals surface area contributed by atoms with Gasteiger partial charge in [0.2, 0.25) is 5.91 Å². The number of amides is 2. The summed E-state index contributed by atoms with van der Waals surface area (Å²) in [6, 6.07) is 8.93. The molecule has 0 aliphatic carbocycles. The molecule has 3 N–H and O–H groups in total. The van der Waals surface area contributed by atoms with Crippen LogP contribution in [0.25, 0.3) is 0 Å². The Morgan fingerprint density at radius 2 is 2.08 bits per heavy atom. The van der Waals surface area contributed by atoms with Crippen molar-refractivity contribution in [3.63, 3.8) is 0 Å². The van der Waals surface area contributed by atoms with Gasteiger partial charge in [0.15, 0.2) is 12.3 Å². The molecule has 3 atom stereocenters. The van der Waals surface area contributed by atoms with E-state index in [0.717, 1.165) is 11.6 Å². The van der Waals surface area contributed by atoms with Crippen molar-refractivity contribution < 1.29 is 28.8 Å². The first-order chi connectivity index (χ1) is 11.9. The summed E-state index contributed by atoms with van der Waals surface area (Å²) in [5, 5.41) is 21.2. The summed E-state index contributed by atoms with van der Waals surface area (Å²) in [5.74, 6) is -1.46. The fourth-order valence-electron chi connectivity index (χ4n) is 2.58. The second-order valence-corrected chi connectivity index (χ2v) is 5.76. The lowest BCUT2D eigenvalue weighted by Crippen LogP contribution is -2.49. The van der Waals surface area contributed by atoms with Crippen LogP contribution in [0.4, 0.5) is 9.18 Å². The fraction of sp³-hybridized carbons (Fsp3) is 0.375. The summed E-state index contributed by atoms with van der Waals surface area (Å²) in [6.45, 7) is 3.06. The molecule has 25 heavy (non-hydrogen) atoms. The summed E-state index contributed by atoms with van der Waals surface area (Å²) < 4.78 is 18.9. The minimum absolute atomic E-state index is 0.0789. The number of benzene rings is 1. The van der Waals surface area contributed by atoms with Crippen LogP contribution >= 0.6 is 0 Å². The third-order valence-corrected chi connectivity index (χ3v) is 3.90. The highest BCUT2D eigenvalue weighted by Crippen LogP contribution is 2.17. The van der Waals surface area contributed by atoms with E-state index in [1.54, 1.807) is 24.3 Å². The third kappa shape index (κ3) is 5.30. The average molecular weight is 350 g/mol. The minimum Gasteiger partial charge on any atom is -0.441 e. The predicted molar refractivity (Wildman–Crippen MR) is 89.2 cm³/mol. The molecule has 134 valence electrons. The van der Waals surface area contributed by atoms with E-state index in [2.05, 4.69) is 11.9 Å². The molecule has 1 aliphatic heterocycles. The zero-order valence-corrected chi connectivity index (χ0v) is 13.5. The maximum absolute atomic E-state index is 13.9. The molecule has 0 spiro atoms. The monoisotopic (exact) mass is 350 g/mol. The van der Waals surface area contributed by atoms with Crippen molar-refractivity contribution in [3.05, 3.63) is 48.6 Å². The maximum atomic E-state index is 13.9. The summed E-state index contributed by atoms with van der Waals surface area (Å²) in [4.78, 5) is 24.6. The van der Waals surface area contributed by atoms with Gasteiger partial charge in [0.1, 0.15) is 0 Å². The van der Waals surface area contributed by atoms with Gasteiger partial charge in [0.25, 0.3) is 0 Å². The van der Waals surface area contributed by atoms with E-state index in [1.807, 2.05) is 6.07 Å². The number of likely N-dealkylation sites (tertiary alicyclic amines) is 1. The molecule has 0 unspecified atom stereocenters. The molecular weight excluding hydrogens is 330 g/mol. The Balaban J connectivity index is 1.91. The Morgan fingerprint density at radius 1 is 1.40 bits per heavy atom. The molecule has 0 saturated carbocycles. The van der Waals surface area contributed by atoms with Crippen molar-refractivity contribution in [1.29, 1.82) is 0 Å². The lowest BCUT2D eigenvalue weighted by molar-refractivity contribution is -0.125. The zero-order chi connectivity index (χ0) is 18.4. The number of rotatable bonds is 6. The lowest BCUT2D eigenvalue weighted by atomic mass is 9.76. The maximum Gasteiger partial charge on any atom is 0.475 e. The van der Waals surface area contributed by atoms with Gasteiger partial charge in [-0.25, -0.2) is 9.18 Å². The van der Waals surface area contributed by atoms with Gasteiger partial charge in [-0.2, -0.15) is 0 Å². The van der Waals surface area contributed by atoms with E-state index < -0.39 is 37.3 Å². The lowest BCUT2D eigenvalue weighted by Gasteiger charge is -2.20. The Morgan fingerprint density at radius 3 is 2.68 bits per heavy atom. The molecule has 1 aromatic carbocycles. The SMILES string of the molecule is C=CC(=O)N1C[C@@H](F)[C@@H](OC(=O)N[C@@H](Cc2ccccc2)B(O)O)C1. The normalized spacial score (nSPS) is 20.7. The molecule has 1 fully saturated rings. The molecule has 7 nitrogen and oxygen atoms in total. The van der Waals surface area contributed by atoms with Gasteiger partial charge >= 0.3 is 13.2 Å². The van der Waals surface area contributed by atoms with Gasteiger partial charge in [-0.1, -0.05) is 36.9 Å². The van der Waals surface area contributed by atoms with Crippen LogP contribution < -0.4 is 5.32 Å². The molecule has 0 aromatic heterocycles. The quantitative estimate of drug-likeness (QED) is 0.498. The van der Waals surface area contributed by atoms with E-state index in [9.17, 15) is 24.0 Å². The predicted octanol–water partition coefficient (Wildman–Crippen LogP) is 0.0708.